The van der Waals surface area contributed by atoms with E-state index in [-0.39, 0.29) is 35.6 Å². The topological polar surface area (TPSA) is 139 Å². The van der Waals surface area contributed by atoms with Gasteiger partial charge in [-0.05, 0) is 79.4 Å². The zero-order valence-electron chi connectivity index (χ0n) is 24.8. The molecule has 1 saturated heterocycles. The minimum atomic E-state index is -3.33. The summed E-state index contributed by atoms with van der Waals surface area (Å²) in [5, 5.41) is 21.4. The Morgan fingerprint density at radius 3 is 2.11 bits per heavy atom. The standard InChI is InChI=1S/C32H36N6O4S.ClH/c1-3-4-17-38(32(39)35-28-8-7-25(21-33)26(20-28)22-34)29-15-18-37(19-16-29)23-24-5-11-30(12-6-24)42-31-13-9-27(10-14-31)36-43(2,40)41;/h5-14,20,29,36H,3-4,15-19,23H2,1-2H3,(H,35,39);1H. The summed E-state index contributed by atoms with van der Waals surface area (Å²) in [6, 6.07) is 23.3. The van der Waals surface area contributed by atoms with Crippen LogP contribution in [0.5, 0.6) is 11.5 Å². The van der Waals surface area contributed by atoms with Gasteiger partial charge in [0.1, 0.15) is 23.6 Å². The Hall–Kier alpha value is -4.29. The van der Waals surface area contributed by atoms with Crippen LogP contribution in [0.2, 0.25) is 0 Å². The fourth-order valence-corrected chi connectivity index (χ4v) is 5.60. The zero-order valence-corrected chi connectivity index (χ0v) is 26.5. The van der Waals surface area contributed by atoms with Crippen LogP contribution in [0, 0.1) is 22.7 Å². The largest absolute Gasteiger partial charge is 0.457 e. The minimum Gasteiger partial charge on any atom is -0.457 e. The van der Waals surface area contributed by atoms with E-state index in [4.69, 9.17) is 4.74 Å². The number of amides is 2. The molecule has 4 rings (SSSR count). The summed E-state index contributed by atoms with van der Waals surface area (Å²) < 4.78 is 31.1. The summed E-state index contributed by atoms with van der Waals surface area (Å²) in [4.78, 5) is 17.6. The van der Waals surface area contributed by atoms with Crippen LogP contribution in [0.15, 0.2) is 66.7 Å². The van der Waals surface area contributed by atoms with Crippen molar-refractivity contribution in [3.8, 4) is 23.6 Å². The molecular formula is C32H37ClN6O4S. The highest BCUT2D eigenvalue weighted by Crippen LogP contribution is 2.25. The van der Waals surface area contributed by atoms with E-state index in [2.05, 4.69) is 21.9 Å². The molecule has 0 atom stereocenters. The van der Waals surface area contributed by atoms with E-state index in [1.165, 1.54) is 0 Å². The highest BCUT2D eigenvalue weighted by atomic mass is 35.5. The van der Waals surface area contributed by atoms with Gasteiger partial charge in [0, 0.05) is 43.6 Å². The zero-order chi connectivity index (χ0) is 30.8. The molecule has 1 fully saturated rings. The van der Waals surface area contributed by atoms with E-state index in [9.17, 15) is 23.7 Å². The van der Waals surface area contributed by atoms with E-state index in [0.717, 1.165) is 57.1 Å². The van der Waals surface area contributed by atoms with Crippen molar-refractivity contribution >= 4 is 39.8 Å². The first-order valence-electron chi connectivity index (χ1n) is 14.3. The van der Waals surface area contributed by atoms with Gasteiger partial charge >= 0.3 is 6.03 Å². The number of nitrogens with one attached hydrogen (secondary N) is 2. The molecule has 0 saturated carbocycles. The lowest BCUT2D eigenvalue weighted by atomic mass is 10.0. The number of likely N-dealkylation sites (tertiary alicyclic amines) is 1. The number of benzene rings is 3. The molecule has 12 heteroatoms. The molecule has 1 aliphatic rings. The number of anilines is 2. The molecular weight excluding hydrogens is 600 g/mol. The van der Waals surface area contributed by atoms with E-state index in [1.807, 2.05) is 41.3 Å². The Morgan fingerprint density at radius 1 is 0.955 bits per heavy atom. The number of piperidine rings is 1. The SMILES string of the molecule is CCCCN(C(=O)Nc1ccc(C#N)c(C#N)c1)C1CCN(Cc2ccc(Oc3ccc(NS(C)(=O)=O)cc3)cc2)CC1.Cl. The van der Waals surface area contributed by atoms with Crippen LogP contribution in [0.3, 0.4) is 0 Å². The summed E-state index contributed by atoms with van der Waals surface area (Å²) in [5.41, 5.74) is 2.67. The Bertz CT molecular complexity index is 1590. The summed E-state index contributed by atoms with van der Waals surface area (Å²) in [7, 11) is -3.33. The number of carbonyl (C=O) groups is 1. The third-order valence-corrected chi connectivity index (χ3v) is 7.85. The molecule has 2 N–H and O–H groups in total. The number of sulfonamides is 1. The number of hydrogen-bond donors (Lipinski definition) is 2. The third kappa shape index (κ3) is 9.88. The molecule has 0 radical (unpaired) electrons. The molecule has 10 nitrogen and oxygen atoms in total. The Labute approximate surface area is 265 Å². The summed E-state index contributed by atoms with van der Waals surface area (Å²) >= 11 is 0. The van der Waals surface area contributed by atoms with Crippen LogP contribution in [-0.4, -0.2) is 56.2 Å². The fraction of sp³-hybridized carbons (Fsp3) is 0.344. The predicted molar refractivity (Wildman–Crippen MR) is 173 cm³/mol. The maximum atomic E-state index is 13.3. The number of ether oxygens (including phenoxy) is 1. The number of carbonyl (C=O) groups excluding carboxylic acids is 1. The second kappa shape index (κ2) is 16.0. The van der Waals surface area contributed by atoms with Gasteiger partial charge in [-0.25, -0.2) is 13.2 Å². The second-order valence-corrected chi connectivity index (χ2v) is 12.4. The Kier molecular flexibility index (Phi) is 12.4. The molecule has 1 aliphatic heterocycles. The Balaban J connectivity index is 0.00000529. The van der Waals surface area contributed by atoms with Crippen molar-refractivity contribution in [3.63, 3.8) is 0 Å². The van der Waals surface area contributed by atoms with Gasteiger partial charge < -0.3 is 15.0 Å². The van der Waals surface area contributed by atoms with Gasteiger partial charge in [-0.15, -0.1) is 12.4 Å². The summed E-state index contributed by atoms with van der Waals surface area (Å²) in [5.74, 6) is 1.29. The van der Waals surface area contributed by atoms with Gasteiger partial charge in [0.05, 0.1) is 17.4 Å². The van der Waals surface area contributed by atoms with Crippen molar-refractivity contribution in [2.45, 2.75) is 45.2 Å². The first-order chi connectivity index (χ1) is 20.7. The molecule has 44 heavy (non-hydrogen) atoms. The van der Waals surface area contributed by atoms with Gasteiger partial charge in [0.25, 0.3) is 0 Å². The first-order valence-corrected chi connectivity index (χ1v) is 16.2. The number of rotatable bonds is 11. The predicted octanol–water partition coefficient (Wildman–Crippen LogP) is 6.31. The van der Waals surface area contributed by atoms with Gasteiger partial charge in [0.2, 0.25) is 10.0 Å². The highest BCUT2D eigenvalue weighted by Gasteiger charge is 2.28. The van der Waals surface area contributed by atoms with E-state index < -0.39 is 10.0 Å². The minimum absolute atomic E-state index is 0. The fourth-order valence-electron chi connectivity index (χ4n) is 5.04. The number of unbranched alkanes of at least 4 members (excludes halogenated alkanes) is 1. The van der Waals surface area contributed by atoms with Crippen molar-refractivity contribution in [2.75, 3.05) is 35.9 Å². The van der Waals surface area contributed by atoms with Gasteiger partial charge in [-0.1, -0.05) is 25.5 Å². The molecule has 0 spiro atoms. The van der Waals surface area contributed by atoms with Gasteiger partial charge in [-0.3, -0.25) is 9.62 Å². The molecule has 0 unspecified atom stereocenters. The first kappa shape index (κ1) is 34.2. The van der Waals surface area contributed by atoms with Crippen molar-refractivity contribution in [3.05, 3.63) is 83.4 Å². The maximum absolute atomic E-state index is 13.3. The lowest BCUT2D eigenvalue weighted by Crippen LogP contribution is -2.49. The van der Waals surface area contributed by atoms with Crippen molar-refractivity contribution in [1.29, 1.82) is 10.5 Å². The summed E-state index contributed by atoms with van der Waals surface area (Å²) in [6.07, 6.45) is 4.71. The number of halogens is 1. The lowest BCUT2D eigenvalue weighted by molar-refractivity contribution is 0.122. The number of hydrogen-bond acceptors (Lipinski definition) is 7. The number of urea groups is 1. The Morgan fingerprint density at radius 2 is 1.55 bits per heavy atom. The highest BCUT2D eigenvalue weighted by molar-refractivity contribution is 7.92. The number of nitrogens with zero attached hydrogens (tertiary/aromatic N) is 4. The van der Waals surface area contributed by atoms with Crippen molar-refractivity contribution in [1.82, 2.24) is 9.80 Å². The normalized spacial score (nSPS) is 13.5. The van der Waals surface area contributed by atoms with Crippen LogP contribution in [0.25, 0.3) is 0 Å². The molecule has 3 aromatic rings. The van der Waals surface area contributed by atoms with Crippen molar-refractivity contribution in [2.24, 2.45) is 0 Å². The quantitative estimate of drug-likeness (QED) is 0.251. The molecule has 0 aromatic heterocycles. The van der Waals surface area contributed by atoms with Crippen LogP contribution < -0.4 is 14.8 Å². The third-order valence-electron chi connectivity index (χ3n) is 7.25. The molecule has 0 bridgehead atoms. The average molecular weight is 637 g/mol. The van der Waals surface area contributed by atoms with Crippen LogP contribution >= 0.6 is 12.4 Å². The van der Waals surface area contributed by atoms with Crippen molar-refractivity contribution < 1.29 is 17.9 Å². The van der Waals surface area contributed by atoms with Crippen LogP contribution in [-0.2, 0) is 16.6 Å². The molecule has 1 heterocycles. The van der Waals surface area contributed by atoms with E-state index >= 15 is 0 Å². The maximum Gasteiger partial charge on any atom is 0.322 e. The second-order valence-electron chi connectivity index (χ2n) is 10.6. The van der Waals surface area contributed by atoms with Crippen LogP contribution in [0.1, 0.15) is 49.3 Å². The number of nitriles is 2. The van der Waals surface area contributed by atoms with E-state index in [1.54, 1.807) is 42.5 Å². The molecule has 3 aromatic carbocycles. The average Bonchev–Trinajstić information content (AvgIpc) is 2.99. The summed E-state index contributed by atoms with van der Waals surface area (Å²) in [6.45, 7) is 5.28. The van der Waals surface area contributed by atoms with Gasteiger partial charge in [-0.2, -0.15) is 10.5 Å². The van der Waals surface area contributed by atoms with E-state index in [0.29, 0.717) is 29.4 Å². The van der Waals surface area contributed by atoms with Gasteiger partial charge in [0.15, 0.2) is 0 Å². The molecule has 0 aliphatic carbocycles. The monoisotopic (exact) mass is 636 g/mol. The smallest absolute Gasteiger partial charge is 0.322 e. The lowest BCUT2D eigenvalue weighted by Gasteiger charge is -2.38. The molecule has 2 amide bonds. The molecule has 232 valence electrons. The van der Waals surface area contributed by atoms with Crippen LogP contribution in [0.4, 0.5) is 16.2 Å².